The first-order valence-corrected chi connectivity index (χ1v) is 8.01. The van der Waals surface area contributed by atoms with Crippen molar-refractivity contribution in [3.8, 4) is 0 Å². The predicted molar refractivity (Wildman–Crippen MR) is 84.4 cm³/mol. The molecule has 1 fully saturated rings. The monoisotopic (exact) mass is 305 g/mol. The third-order valence-corrected chi connectivity index (χ3v) is 4.25. The highest BCUT2D eigenvalue weighted by atomic mass is 32.2. The minimum atomic E-state index is -0.215. The molecule has 5 heteroatoms. The zero-order valence-corrected chi connectivity index (χ0v) is 12.9. The fraction of sp³-hybridized carbons (Fsp3) is 0.375. The number of aldehydes is 1. The van der Waals surface area contributed by atoms with Gasteiger partial charge in [-0.2, -0.15) is 0 Å². The summed E-state index contributed by atoms with van der Waals surface area (Å²) in [4.78, 5) is 26.2. The molecule has 0 aliphatic carbocycles. The quantitative estimate of drug-likeness (QED) is 0.265. The molecular weight excluding hydrogens is 286 g/mol. The molecular formula is C16H19NO3S. The topological polar surface area (TPSA) is 46.6 Å². The molecule has 0 saturated carbocycles. The van der Waals surface area contributed by atoms with Gasteiger partial charge in [0.2, 0.25) is 0 Å². The summed E-state index contributed by atoms with van der Waals surface area (Å²) in [7, 11) is 0. The van der Waals surface area contributed by atoms with Crippen LogP contribution in [0.3, 0.4) is 0 Å². The maximum absolute atomic E-state index is 12.6. The number of carbonyl (C=O) groups is 2. The molecule has 1 aromatic carbocycles. The lowest BCUT2D eigenvalue weighted by atomic mass is 10.1. The summed E-state index contributed by atoms with van der Waals surface area (Å²) in [6, 6.07) is 8.93. The van der Waals surface area contributed by atoms with E-state index in [0.717, 1.165) is 10.8 Å². The van der Waals surface area contributed by atoms with Gasteiger partial charge in [-0.25, -0.2) is 0 Å². The second-order valence-electron chi connectivity index (χ2n) is 4.56. The summed E-state index contributed by atoms with van der Waals surface area (Å²) in [6.45, 7) is 4.68. The summed E-state index contributed by atoms with van der Waals surface area (Å²) in [5.41, 5.74) is 0.789. The van der Waals surface area contributed by atoms with E-state index in [4.69, 9.17) is 4.74 Å². The van der Waals surface area contributed by atoms with Gasteiger partial charge in [0.05, 0.1) is 23.8 Å². The maximum atomic E-state index is 12.6. The van der Waals surface area contributed by atoms with Crippen LogP contribution in [0.25, 0.3) is 0 Å². The minimum absolute atomic E-state index is 0.215. The number of morpholine rings is 1. The van der Waals surface area contributed by atoms with Gasteiger partial charge in [0.1, 0.15) is 0 Å². The average Bonchev–Trinajstić information content (AvgIpc) is 2.56. The van der Waals surface area contributed by atoms with E-state index in [1.54, 1.807) is 24.3 Å². The summed E-state index contributed by atoms with van der Waals surface area (Å²) < 4.78 is 5.34. The van der Waals surface area contributed by atoms with E-state index in [-0.39, 0.29) is 11.4 Å². The fourth-order valence-corrected chi connectivity index (χ4v) is 3.12. The first-order valence-electron chi connectivity index (χ1n) is 7.02. The van der Waals surface area contributed by atoms with E-state index < -0.39 is 0 Å². The molecule has 0 bridgehead atoms. The number of allylic oxidation sites excluding steroid dienone is 1. The molecule has 0 atom stereocenters. The molecule has 2 rings (SSSR count). The van der Waals surface area contributed by atoms with Crippen molar-refractivity contribution in [2.45, 2.75) is 6.92 Å². The summed E-state index contributed by atoms with van der Waals surface area (Å²) in [5.74, 6) is 0.597. The normalized spacial score (nSPS) is 16.3. The van der Waals surface area contributed by atoms with Gasteiger partial charge in [0.25, 0.3) is 0 Å². The lowest BCUT2D eigenvalue weighted by Gasteiger charge is -2.31. The van der Waals surface area contributed by atoms with Gasteiger partial charge >= 0.3 is 0 Å². The molecule has 0 unspecified atom stereocenters. The SMILES string of the molecule is CCS/C(=C(/C=O)C(=O)c1ccccc1)N1CCOCC1. The number of hydrogen-bond donors (Lipinski definition) is 0. The number of rotatable bonds is 6. The van der Waals surface area contributed by atoms with Gasteiger partial charge in [0.15, 0.2) is 12.1 Å². The van der Waals surface area contributed by atoms with Gasteiger partial charge in [-0.05, 0) is 5.75 Å². The minimum Gasteiger partial charge on any atom is -0.378 e. The Kier molecular flexibility index (Phi) is 6.02. The van der Waals surface area contributed by atoms with Crippen LogP contribution in [0.4, 0.5) is 0 Å². The number of hydrogen-bond acceptors (Lipinski definition) is 5. The van der Waals surface area contributed by atoms with Crippen molar-refractivity contribution in [2.75, 3.05) is 32.1 Å². The number of carbonyl (C=O) groups excluding carboxylic acids is 2. The zero-order chi connectivity index (χ0) is 15.1. The highest BCUT2D eigenvalue weighted by molar-refractivity contribution is 8.03. The molecule has 0 spiro atoms. The zero-order valence-electron chi connectivity index (χ0n) is 12.1. The molecule has 1 heterocycles. The molecule has 1 aliphatic heterocycles. The van der Waals surface area contributed by atoms with Crippen LogP contribution >= 0.6 is 11.8 Å². The smallest absolute Gasteiger partial charge is 0.198 e. The Bertz CT molecular complexity index is 522. The van der Waals surface area contributed by atoms with Crippen molar-refractivity contribution < 1.29 is 14.3 Å². The van der Waals surface area contributed by atoms with Crippen molar-refractivity contribution in [2.24, 2.45) is 0 Å². The van der Waals surface area contributed by atoms with E-state index in [0.29, 0.717) is 38.2 Å². The highest BCUT2D eigenvalue weighted by Crippen LogP contribution is 2.26. The van der Waals surface area contributed by atoms with Crippen molar-refractivity contribution >= 4 is 23.8 Å². The van der Waals surface area contributed by atoms with Gasteiger partial charge < -0.3 is 9.64 Å². The summed E-state index contributed by atoms with van der Waals surface area (Å²) >= 11 is 1.54. The Morgan fingerprint density at radius 2 is 1.95 bits per heavy atom. The lowest BCUT2D eigenvalue weighted by Crippen LogP contribution is -2.36. The largest absolute Gasteiger partial charge is 0.378 e. The van der Waals surface area contributed by atoms with Crippen LogP contribution < -0.4 is 0 Å². The Morgan fingerprint density at radius 3 is 2.52 bits per heavy atom. The Hall–Kier alpha value is -1.59. The van der Waals surface area contributed by atoms with E-state index >= 15 is 0 Å². The Balaban J connectivity index is 2.35. The van der Waals surface area contributed by atoms with Gasteiger partial charge in [-0.1, -0.05) is 37.3 Å². The van der Waals surface area contributed by atoms with Crippen molar-refractivity contribution in [3.63, 3.8) is 0 Å². The van der Waals surface area contributed by atoms with Gasteiger partial charge in [-0.15, -0.1) is 11.8 Å². The highest BCUT2D eigenvalue weighted by Gasteiger charge is 2.22. The van der Waals surface area contributed by atoms with E-state index in [9.17, 15) is 9.59 Å². The van der Waals surface area contributed by atoms with Crippen LogP contribution in [0, 0.1) is 0 Å². The molecule has 0 radical (unpaired) electrons. The van der Waals surface area contributed by atoms with Crippen LogP contribution in [0.1, 0.15) is 17.3 Å². The number of ketones is 1. The van der Waals surface area contributed by atoms with Crippen LogP contribution in [0.2, 0.25) is 0 Å². The maximum Gasteiger partial charge on any atom is 0.198 e. The first-order chi connectivity index (χ1) is 10.3. The molecule has 1 aromatic rings. The number of benzene rings is 1. The molecule has 21 heavy (non-hydrogen) atoms. The standard InChI is InChI=1S/C16H19NO3S/c1-2-21-16(17-8-10-20-11-9-17)14(12-18)15(19)13-6-4-3-5-7-13/h3-7,12H,2,8-11H2,1H3/b16-14-. The summed E-state index contributed by atoms with van der Waals surface area (Å²) in [5, 5.41) is 0.768. The van der Waals surface area contributed by atoms with E-state index in [2.05, 4.69) is 4.90 Å². The van der Waals surface area contributed by atoms with Crippen molar-refractivity contribution in [1.29, 1.82) is 0 Å². The number of nitrogens with zero attached hydrogens (tertiary/aromatic N) is 1. The second kappa shape index (κ2) is 8.00. The van der Waals surface area contributed by atoms with Gasteiger partial charge in [0, 0.05) is 18.7 Å². The van der Waals surface area contributed by atoms with E-state index in [1.807, 2.05) is 13.0 Å². The fourth-order valence-electron chi connectivity index (χ4n) is 2.19. The summed E-state index contributed by atoms with van der Waals surface area (Å²) in [6.07, 6.45) is 0.683. The van der Waals surface area contributed by atoms with Crippen LogP contribution in [0.15, 0.2) is 40.9 Å². The molecule has 0 N–H and O–H groups in total. The van der Waals surface area contributed by atoms with Crippen molar-refractivity contribution in [3.05, 3.63) is 46.5 Å². The Labute approximate surface area is 129 Å². The Morgan fingerprint density at radius 1 is 1.29 bits per heavy atom. The lowest BCUT2D eigenvalue weighted by molar-refractivity contribution is -0.104. The number of Topliss-reactive ketones (excluding diaryl/α,β-unsaturated/α-hetero) is 1. The average molecular weight is 305 g/mol. The number of thioether (sulfide) groups is 1. The second-order valence-corrected chi connectivity index (χ2v) is 5.82. The van der Waals surface area contributed by atoms with E-state index in [1.165, 1.54) is 11.8 Å². The predicted octanol–water partition coefficient (Wildman–Crippen LogP) is 2.37. The molecule has 112 valence electrons. The number of ether oxygens (including phenoxy) is 1. The molecule has 1 aliphatic rings. The van der Waals surface area contributed by atoms with Crippen LogP contribution in [-0.4, -0.2) is 49.0 Å². The first kappa shape index (κ1) is 15.8. The van der Waals surface area contributed by atoms with Crippen LogP contribution in [0.5, 0.6) is 0 Å². The van der Waals surface area contributed by atoms with Gasteiger partial charge in [-0.3, -0.25) is 9.59 Å². The van der Waals surface area contributed by atoms with Crippen molar-refractivity contribution in [1.82, 2.24) is 4.90 Å². The molecule has 0 amide bonds. The molecule has 0 aromatic heterocycles. The third kappa shape index (κ3) is 3.95. The molecule has 1 saturated heterocycles. The molecule has 4 nitrogen and oxygen atoms in total. The third-order valence-electron chi connectivity index (χ3n) is 3.21. The van der Waals surface area contributed by atoms with Crippen LogP contribution in [-0.2, 0) is 9.53 Å².